The molecule has 0 heterocycles. The van der Waals surface area contributed by atoms with Gasteiger partial charge in [-0.05, 0) is 31.0 Å². The van der Waals surface area contributed by atoms with Gasteiger partial charge in [0.15, 0.2) is 0 Å². The lowest BCUT2D eigenvalue weighted by molar-refractivity contribution is 0.0695. The summed E-state index contributed by atoms with van der Waals surface area (Å²) in [6.45, 7) is 4.10. The van der Waals surface area contributed by atoms with Crippen molar-refractivity contribution in [3.8, 4) is 0 Å². The van der Waals surface area contributed by atoms with Gasteiger partial charge in [-0.25, -0.2) is 17.5 Å². The van der Waals surface area contributed by atoms with Crippen LogP contribution in [0.15, 0.2) is 21.5 Å². The van der Waals surface area contributed by atoms with Crippen molar-refractivity contribution < 1.29 is 18.3 Å². The van der Waals surface area contributed by atoms with Gasteiger partial charge in [0.05, 0.1) is 10.5 Å². The van der Waals surface area contributed by atoms with Crippen LogP contribution in [0.3, 0.4) is 0 Å². The third-order valence-electron chi connectivity index (χ3n) is 3.33. The van der Waals surface area contributed by atoms with Crippen molar-refractivity contribution in [3.63, 3.8) is 0 Å². The van der Waals surface area contributed by atoms with Gasteiger partial charge >= 0.3 is 5.97 Å². The number of carbonyl (C=O) groups is 1. The molecule has 0 unspecified atom stereocenters. The maximum atomic E-state index is 12.5. The number of hydrogen-bond acceptors (Lipinski definition) is 3. The van der Waals surface area contributed by atoms with Gasteiger partial charge in [-0.3, -0.25) is 0 Å². The molecule has 0 radical (unpaired) electrons. The highest BCUT2D eigenvalue weighted by Crippen LogP contribution is 2.26. The zero-order valence-corrected chi connectivity index (χ0v) is 14.8. The largest absolute Gasteiger partial charge is 0.478 e. The minimum absolute atomic E-state index is 0.00336. The average Bonchev–Trinajstić information content (AvgIpc) is 2.41. The molecule has 1 N–H and O–H groups in total. The van der Waals surface area contributed by atoms with E-state index in [4.69, 9.17) is 5.11 Å². The lowest BCUT2D eigenvalue weighted by atomic mass is 10.1. The Bertz CT molecular complexity index is 628. The van der Waals surface area contributed by atoms with Crippen LogP contribution in [0, 0.1) is 6.92 Å². The van der Waals surface area contributed by atoms with Crippen molar-refractivity contribution in [2.24, 2.45) is 0 Å². The molecule has 118 valence electrons. The number of unbranched alkanes of at least 4 members (excludes halogenated alkanes) is 2. The monoisotopic (exact) mass is 377 g/mol. The van der Waals surface area contributed by atoms with Crippen molar-refractivity contribution in [2.75, 3.05) is 13.6 Å². The maximum absolute atomic E-state index is 12.5. The second-order valence-corrected chi connectivity index (χ2v) is 7.82. The fourth-order valence-electron chi connectivity index (χ4n) is 1.91. The first-order chi connectivity index (χ1) is 9.71. The van der Waals surface area contributed by atoms with Crippen molar-refractivity contribution in [1.82, 2.24) is 4.31 Å². The molecule has 0 bridgehead atoms. The average molecular weight is 378 g/mol. The smallest absolute Gasteiger partial charge is 0.336 e. The number of sulfonamides is 1. The third kappa shape index (κ3) is 4.28. The Labute approximate surface area is 134 Å². The lowest BCUT2D eigenvalue weighted by Crippen LogP contribution is -2.28. The van der Waals surface area contributed by atoms with Gasteiger partial charge in [0.2, 0.25) is 10.0 Å². The summed E-state index contributed by atoms with van der Waals surface area (Å²) >= 11 is 3.22. The van der Waals surface area contributed by atoms with E-state index in [0.29, 0.717) is 16.6 Å². The van der Waals surface area contributed by atoms with Crippen LogP contribution in [0.1, 0.15) is 42.1 Å². The van der Waals surface area contributed by atoms with Crippen LogP contribution < -0.4 is 0 Å². The van der Waals surface area contributed by atoms with Crippen molar-refractivity contribution in [2.45, 2.75) is 38.0 Å². The second-order valence-electron chi connectivity index (χ2n) is 4.92. The molecule has 0 saturated heterocycles. The number of carboxylic acid groups (broad SMARTS) is 1. The molecule has 1 aromatic rings. The summed E-state index contributed by atoms with van der Waals surface area (Å²) in [5.41, 5.74) is 0.500. The number of hydrogen-bond donors (Lipinski definition) is 1. The highest BCUT2D eigenvalue weighted by atomic mass is 79.9. The third-order valence-corrected chi connectivity index (χ3v) is 5.99. The SMILES string of the molecule is CCCCCN(C)S(=O)(=O)c1cc(Br)c(C)c(C(=O)O)c1. The normalized spacial score (nSPS) is 11.9. The number of halogens is 1. The topological polar surface area (TPSA) is 74.7 Å². The predicted molar refractivity (Wildman–Crippen MR) is 85.2 cm³/mol. The van der Waals surface area contributed by atoms with Crippen LogP contribution in [0.5, 0.6) is 0 Å². The number of aromatic carboxylic acids is 1. The fraction of sp³-hybridized carbons (Fsp3) is 0.500. The predicted octanol–water partition coefficient (Wildman–Crippen LogP) is 3.27. The standard InChI is InChI=1S/C14H20BrNO4S/c1-4-5-6-7-16(3)21(19,20)11-8-12(14(17)18)10(2)13(15)9-11/h8-9H,4-7H2,1-3H3,(H,17,18). The Morgan fingerprint density at radius 3 is 2.48 bits per heavy atom. The number of carboxylic acids is 1. The molecule has 1 aromatic carbocycles. The molecule has 0 saturated carbocycles. The second kappa shape index (κ2) is 7.38. The zero-order chi connectivity index (χ0) is 16.2. The van der Waals surface area contributed by atoms with Gasteiger partial charge < -0.3 is 5.11 Å². The first-order valence-electron chi connectivity index (χ1n) is 6.71. The van der Waals surface area contributed by atoms with Gasteiger partial charge in [0.25, 0.3) is 0 Å². The summed E-state index contributed by atoms with van der Waals surface area (Å²) in [5.74, 6) is -1.14. The molecule has 0 atom stereocenters. The Hall–Kier alpha value is -0.920. The Balaban J connectivity index is 3.17. The molecule has 7 heteroatoms. The molecule has 0 aromatic heterocycles. The summed E-state index contributed by atoms with van der Waals surface area (Å²) < 4.78 is 26.7. The van der Waals surface area contributed by atoms with Gasteiger partial charge in [-0.15, -0.1) is 0 Å². The quantitative estimate of drug-likeness (QED) is 0.739. The van der Waals surface area contributed by atoms with E-state index in [1.165, 1.54) is 23.5 Å². The minimum Gasteiger partial charge on any atom is -0.478 e. The fourth-order valence-corrected chi connectivity index (χ4v) is 3.78. The molecule has 0 fully saturated rings. The van der Waals surface area contributed by atoms with Crippen LogP contribution in [-0.4, -0.2) is 37.4 Å². The molecule has 0 aliphatic carbocycles. The molecule has 0 spiro atoms. The molecular formula is C14H20BrNO4S. The maximum Gasteiger partial charge on any atom is 0.336 e. The number of rotatable bonds is 7. The lowest BCUT2D eigenvalue weighted by Gasteiger charge is -2.18. The molecule has 0 amide bonds. The van der Waals surface area contributed by atoms with Crippen LogP contribution in [-0.2, 0) is 10.0 Å². The Morgan fingerprint density at radius 2 is 1.95 bits per heavy atom. The van der Waals surface area contributed by atoms with Gasteiger partial charge in [0.1, 0.15) is 0 Å². The van der Waals surface area contributed by atoms with Crippen molar-refractivity contribution in [3.05, 3.63) is 27.7 Å². The summed E-state index contributed by atoms with van der Waals surface area (Å²) in [4.78, 5) is 11.2. The first kappa shape index (κ1) is 18.1. The van der Waals surface area contributed by atoms with E-state index in [2.05, 4.69) is 15.9 Å². The highest BCUT2D eigenvalue weighted by Gasteiger charge is 2.23. The van der Waals surface area contributed by atoms with E-state index in [9.17, 15) is 13.2 Å². The number of benzene rings is 1. The van der Waals surface area contributed by atoms with E-state index >= 15 is 0 Å². The molecule has 5 nitrogen and oxygen atoms in total. The Kier molecular flexibility index (Phi) is 6.37. The van der Waals surface area contributed by atoms with E-state index in [0.717, 1.165) is 19.3 Å². The summed E-state index contributed by atoms with van der Waals surface area (Å²) in [6, 6.07) is 2.67. The summed E-state index contributed by atoms with van der Waals surface area (Å²) in [6.07, 6.45) is 2.75. The Morgan fingerprint density at radius 1 is 1.33 bits per heavy atom. The van der Waals surface area contributed by atoms with Crippen LogP contribution in [0.4, 0.5) is 0 Å². The van der Waals surface area contributed by atoms with E-state index < -0.39 is 16.0 Å². The molecule has 21 heavy (non-hydrogen) atoms. The molecule has 0 aliphatic rings. The number of nitrogens with zero attached hydrogens (tertiary/aromatic N) is 1. The minimum atomic E-state index is -3.67. The highest BCUT2D eigenvalue weighted by molar-refractivity contribution is 9.10. The van der Waals surface area contributed by atoms with E-state index in [1.807, 2.05) is 6.92 Å². The first-order valence-corrected chi connectivity index (χ1v) is 8.95. The van der Waals surface area contributed by atoms with Gasteiger partial charge in [-0.1, -0.05) is 35.7 Å². The van der Waals surface area contributed by atoms with Crippen LogP contribution >= 0.6 is 15.9 Å². The van der Waals surface area contributed by atoms with E-state index in [1.54, 1.807) is 6.92 Å². The van der Waals surface area contributed by atoms with Crippen LogP contribution in [0.25, 0.3) is 0 Å². The summed E-state index contributed by atoms with van der Waals surface area (Å²) in [5, 5.41) is 9.16. The molecular weight excluding hydrogens is 358 g/mol. The molecule has 0 aliphatic heterocycles. The molecule has 1 rings (SSSR count). The zero-order valence-electron chi connectivity index (χ0n) is 12.4. The van der Waals surface area contributed by atoms with Gasteiger partial charge in [-0.2, -0.15) is 0 Å². The van der Waals surface area contributed by atoms with Crippen molar-refractivity contribution in [1.29, 1.82) is 0 Å². The van der Waals surface area contributed by atoms with Gasteiger partial charge in [0, 0.05) is 18.1 Å². The van der Waals surface area contributed by atoms with E-state index in [-0.39, 0.29) is 10.5 Å². The van der Waals surface area contributed by atoms with Crippen LogP contribution in [0.2, 0.25) is 0 Å². The van der Waals surface area contributed by atoms with Crippen molar-refractivity contribution >= 4 is 31.9 Å². The summed E-state index contributed by atoms with van der Waals surface area (Å²) in [7, 11) is -2.16.